The molecular weight excluding hydrogens is 130 g/mol. The summed E-state index contributed by atoms with van der Waals surface area (Å²) in [6.45, 7) is 0. The van der Waals surface area contributed by atoms with Gasteiger partial charge in [0.25, 0.3) is 0 Å². The fourth-order valence-corrected chi connectivity index (χ4v) is 1.30. The molecule has 0 aromatic heterocycles. The van der Waals surface area contributed by atoms with Gasteiger partial charge in [0.2, 0.25) is 0 Å². The molecule has 0 radical (unpaired) electrons. The predicted octanol–water partition coefficient (Wildman–Crippen LogP) is 1.95. The van der Waals surface area contributed by atoms with Crippen LogP contribution in [0.2, 0.25) is 0 Å². The Morgan fingerprint density at radius 1 is 1.30 bits per heavy atom. The highest BCUT2D eigenvalue weighted by atomic mass is 16.3. The highest BCUT2D eigenvalue weighted by Crippen LogP contribution is 2.28. The molecule has 1 saturated carbocycles. The zero-order chi connectivity index (χ0) is 7.45. The van der Waals surface area contributed by atoms with E-state index in [-0.39, 0.29) is 0 Å². The van der Waals surface area contributed by atoms with Crippen LogP contribution >= 0.6 is 0 Å². The smallest absolute Gasteiger partial charge is 0.143 e. The lowest BCUT2D eigenvalue weighted by Gasteiger charge is -2.26. The highest BCUT2D eigenvalue weighted by Gasteiger charge is 2.27. The average Bonchev–Trinajstić information content (AvgIpc) is 1.89. The summed E-state index contributed by atoms with van der Waals surface area (Å²) in [5.74, 6) is 0. The summed E-state index contributed by atoms with van der Waals surface area (Å²) in [7, 11) is 0. The minimum atomic E-state index is -1.06. The van der Waals surface area contributed by atoms with Crippen molar-refractivity contribution in [1.29, 1.82) is 0 Å². The Morgan fingerprint density at radius 2 is 1.90 bits per heavy atom. The van der Waals surface area contributed by atoms with Crippen LogP contribution in [0.1, 0.15) is 32.1 Å². The Hall–Kier alpha value is -0.730. The summed E-state index contributed by atoms with van der Waals surface area (Å²) < 4.78 is 0. The molecule has 0 saturated heterocycles. The van der Waals surface area contributed by atoms with Crippen LogP contribution in [0.25, 0.3) is 10.4 Å². The van der Waals surface area contributed by atoms with E-state index < -0.39 is 5.72 Å². The fourth-order valence-electron chi connectivity index (χ4n) is 1.30. The molecule has 1 aliphatic rings. The minimum Gasteiger partial charge on any atom is -0.384 e. The zero-order valence-corrected chi connectivity index (χ0v) is 5.82. The fraction of sp³-hybridized carbons (Fsp3) is 1.00. The van der Waals surface area contributed by atoms with Gasteiger partial charge in [0.1, 0.15) is 5.72 Å². The molecule has 0 heterocycles. The first kappa shape index (κ1) is 7.38. The summed E-state index contributed by atoms with van der Waals surface area (Å²) in [6.07, 6.45) is 4.32. The van der Waals surface area contributed by atoms with Crippen molar-refractivity contribution in [3.8, 4) is 0 Å². The van der Waals surface area contributed by atoms with Crippen molar-refractivity contribution in [3.05, 3.63) is 10.4 Å². The van der Waals surface area contributed by atoms with E-state index in [4.69, 9.17) is 5.53 Å². The van der Waals surface area contributed by atoms with Gasteiger partial charge in [-0.15, -0.1) is 0 Å². The second-order valence-electron chi connectivity index (χ2n) is 2.73. The Kier molecular flexibility index (Phi) is 2.14. The molecule has 1 aliphatic carbocycles. The van der Waals surface area contributed by atoms with E-state index in [1.54, 1.807) is 0 Å². The van der Waals surface area contributed by atoms with Gasteiger partial charge >= 0.3 is 0 Å². The number of rotatable bonds is 1. The van der Waals surface area contributed by atoms with Gasteiger partial charge in [0, 0.05) is 4.91 Å². The van der Waals surface area contributed by atoms with Crippen molar-refractivity contribution in [2.45, 2.75) is 37.8 Å². The SMILES string of the molecule is [N-]=[N+]=NC1(O)CCCCC1. The molecule has 56 valence electrons. The lowest BCUT2D eigenvalue weighted by molar-refractivity contribution is 0.0108. The van der Waals surface area contributed by atoms with Crippen molar-refractivity contribution >= 4 is 0 Å². The summed E-state index contributed by atoms with van der Waals surface area (Å²) in [4.78, 5) is 2.61. The highest BCUT2D eigenvalue weighted by molar-refractivity contribution is 4.79. The summed E-state index contributed by atoms with van der Waals surface area (Å²) in [5, 5.41) is 12.8. The number of nitrogens with zero attached hydrogens (tertiary/aromatic N) is 3. The van der Waals surface area contributed by atoms with Crippen LogP contribution < -0.4 is 0 Å². The Bertz CT molecular complexity index is 156. The van der Waals surface area contributed by atoms with Crippen molar-refractivity contribution in [3.63, 3.8) is 0 Å². The molecule has 10 heavy (non-hydrogen) atoms. The molecule has 1 fully saturated rings. The predicted molar refractivity (Wildman–Crippen MR) is 37.2 cm³/mol. The monoisotopic (exact) mass is 141 g/mol. The maximum Gasteiger partial charge on any atom is 0.143 e. The molecule has 0 amide bonds. The normalized spacial score (nSPS) is 23.3. The van der Waals surface area contributed by atoms with Crippen LogP contribution in [0.5, 0.6) is 0 Å². The van der Waals surface area contributed by atoms with E-state index in [1.165, 1.54) is 0 Å². The van der Waals surface area contributed by atoms with Gasteiger partial charge in [-0.2, -0.15) is 0 Å². The quantitative estimate of drug-likeness (QED) is 0.338. The third-order valence-corrected chi connectivity index (χ3v) is 1.89. The van der Waals surface area contributed by atoms with Gasteiger partial charge in [-0.05, 0) is 18.4 Å². The third kappa shape index (κ3) is 1.62. The van der Waals surface area contributed by atoms with E-state index in [0.29, 0.717) is 12.8 Å². The average molecular weight is 141 g/mol. The second kappa shape index (κ2) is 2.90. The Labute approximate surface area is 59.5 Å². The molecule has 0 unspecified atom stereocenters. The van der Waals surface area contributed by atoms with Gasteiger partial charge in [0.15, 0.2) is 0 Å². The maximum atomic E-state index is 9.45. The standard InChI is InChI=1S/C6H11N3O/c7-9-8-6(10)4-2-1-3-5-6/h10H,1-5H2. The van der Waals surface area contributed by atoms with Gasteiger partial charge in [-0.1, -0.05) is 24.4 Å². The molecule has 4 heteroatoms. The first-order chi connectivity index (χ1) is 4.77. The van der Waals surface area contributed by atoms with Crippen molar-refractivity contribution in [2.24, 2.45) is 5.11 Å². The Morgan fingerprint density at radius 3 is 2.40 bits per heavy atom. The molecule has 1 N–H and O–H groups in total. The van der Waals surface area contributed by atoms with E-state index in [1.807, 2.05) is 0 Å². The first-order valence-corrected chi connectivity index (χ1v) is 3.55. The lowest BCUT2D eigenvalue weighted by atomic mass is 9.93. The molecule has 4 nitrogen and oxygen atoms in total. The molecule has 0 atom stereocenters. The molecular formula is C6H11N3O. The molecule has 1 rings (SSSR count). The van der Waals surface area contributed by atoms with Crippen LogP contribution in [-0.4, -0.2) is 10.8 Å². The molecule has 0 aliphatic heterocycles. The molecule has 0 bridgehead atoms. The van der Waals surface area contributed by atoms with Crippen LogP contribution in [0.3, 0.4) is 0 Å². The lowest BCUT2D eigenvalue weighted by Crippen LogP contribution is -2.27. The van der Waals surface area contributed by atoms with Crippen LogP contribution in [0.15, 0.2) is 5.11 Å². The number of azide groups is 1. The third-order valence-electron chi connectivity index (χ3n) is 1.89. The number of hydrogen-bond donors (Lipinski definition) is 1. The van der Waals surface area contributed by atoms with E-state index in [0.717, 1.165) is 19.3 Å². The van der Waals surface area contributed by atoms with E-state index in [2.05, 4.69) is 10.0 Å². The summed E-state index contributed by atoms with van der Waals surface area (Å²) in [6, 6.07) is 0. The number of aliphatic hydroxyl groups is 1. The Balaban J connectivity index is 2.56. The van der Waals surface area contributed by atoms with Gasteiger partial charge < -0.3 is 5.11 Å². The molecule has 0 aromatic rings. The molecule has 0 spiro atoms. The number of hydrogen-bond acceptors (Lipinski definition) is 2. The van der Waals surface area contributed by atoms with Crippen molar-refractivity contribution < 1.29 is 5.11 Å². The minimum absolute atomic E-state index is 0.622. The van der Waals surface area contributed by atoms with E-state index in [9.17, 15) is 5.11 Å². The largest absolute Gasteiger partial charge is 0.384 e. The van der Waals surface area contributed by atoms with Gasteiger partial charge in [0.05, 0.1) is 0 Å². The van der Waals surface area contributed by atoms with Crippen LogP contribution in [0.4, 0.5) is 0 Å². The second-order valence-corrected chi connectivity index (χ2v) is 2.73. The first-order valence-electron chi connectivity index (χ1n) is 3.55. The summed E-state index contributed by atoms with van der Waals surface area (Å²) in [5.41, 5.74) is 7.02. The topological polar surface area (TPSA) is 69.0 Å². The van der Waals surface area contributed by atoms with Crippen LogP contribution in [-0.2, 0) is 0 Å². The van der Waals surface area contributed by atoms with Gasteiger partial charge in [-0.25, -0.2) is 0 Å². The van der Waals surface area contributed by atoms with Gasteiger partial charge in [-0.3, -0.25) is 0 Å². The van der Waals surface area contributed by atoms with E-state index >= 15 is 0 Å². The zero-order valence-electron chi connectivity index (χ0n) is 5.82. The van der Waals surface area contributed by atoms with Crippen LogP contribution in [0, 0.1) is 0 Å². The maximum absolute atomic E-state index is 9.45. The molecule has 0 aromatic carbocycles. The summed E-state index contributed by atoms with van der Waals surface area (Å²) >= 11 is 0. The van der Waals surface area contributed by atoms with Crippen molar-refractivity contribution in [2.75, 3.05) is 0 Å². The van der Waals surface area contributed by atoms with Crippen molar-refractivity contribution in [1.82, 2.24) is 0 Å².